The van der Waals surface area contributed by atoms with Crippen LogP contribution in [0.3, 0.4) is 0 Å². The minimum absolute atomic E-state index is 0.140. The van der Waals surface area contributed by atoms with Gasteiger partial charge in [0, 0.05) is 11.8 Å². The van der Waals surface area contributed by atoms with Crippen LogP contribution in [0.1, 0.15) is 21.5 Å². The summed E-state index contributed by atoms with van der Waals surface area (Å²) in [4.78, 5) is 33.8. The van der Waals surface area contributed by atoms with Gasteiger partial charge in [-0.2, -0.15) is 0 Å². The third-order valence-electron chi connectivity index (χ3n) is 3.41. The number of halogens is 1. The summed E-state index contributed by atoms with van der Waals surface area (Å²) in [6.45, 7) is -0.588. The van der Waals surface area contributed by atoms with Crippen LogP contribution >= 0.6 is 22.6 Å². The van der Waals surface area contributed by atoms with E-state index in [4.69, 9.17) is 9.84 Å². The average Bonchev–Trinajstić information content (AvgIpc) is 2.66. The SMILES string of the molecule is O=C(CI)Nc1ccc(C(=O)OCc2ccc(CO)c([N+](=O)[O-])c2)cc1. The molecule has 26 heavy (non-hydrogen) atoms. The van der Waals surface area contributed by atoms with Gasteiger partial charge in [0.1, 0.15) is 6.61 Å². The molecule has 0 aliphatic heterocycles. The van der Waals surface area contributed by atoms with E-state index in [-0.39, 0.29) is 23.8 Å². The van der Waals surface area contributed by atoms with Crippen molar-refractivity contribution in [2.75, 3.05) is 9.74 Å². The molecule has 0 spiro atoms. The lowest BCUT2D eigenvalue weighted by atomic mass is 10.1. The van der Waals surface area contributed by atoms with E-state index < -0.39 is 17.5 Å². The van der Waals surface area contributed by atoms with Gasteiger partial charge in [-0.15, -0.1) is 0 Å². The van der Waals surface area contributed by atoms with Crippen LogP contribution in [0.15, 0.2) is 42.5 Å². The number of aliphatic hydroxyl groups is 1. The molecule has 2 aromatic rings. The standard InChI is InChI=1S/C17H15IN2O6/c18-8-16(22)19-14-5-3-12(4-6-14)17(23)26-10-11-1-2-13(9-21)15(7-11)20(24)25/h1-7,21H,8-10H2,(H,19,22). The normalized spacial score (nSPS) is 10.2. The number of nitrogens with one attached hydrogen (secondary N) is 1. The highest BCUT2D eigenvalue weighted by atomic mass is 127. The minimum atomic E-state index is -0.598. The molecule has 0 saturated carbocycles. The fourth-order valence-electron chi connectivity index (χ4n) is 2.12. The van der Waals surface area contributed by atoms with E-state index in [1.54, 1.807) is 18.2 Å². The number of esters is 1. The molecule has 0 heterocycles. The Hall–Kier alpha value is -2.53. The van der Waals surface area contributed by atoms with Crippen LogP contribution in [0.4, 0.5) is 11.4 Å². The van der Waals surface area contributed by atoms with Crippen LogP contribution in [-0.4, -0.2) is 26.3 Å². The number of aliphatic hydroxyl groups excluding tert-OH is 1. The molecule has 2 aromatic carbocycles. The first-order valence-corrected chi connectivity index (χ1v) is 8.97. The first-order valence-electron chi connectivity index (χ1n) is 7.44. The fourth-order valence-corrected chi connectivity index (χ4v) is 2.31. The Bertz CT molecular complexity index is 823. The van der Waals surface area contributed by atoms with Crippen LogP contribution in [0.2, 0.25) is 0 Å². The van der Waals surface area contributed by atoms with Crippen LogP contribution < -0.4 is 5.32 Å². The second-order valence-electron chi connectivity index (χ2n) is 5.21. The van der Waals surface area contributed by atoms with Crippen molar-refractivity contribution in [2.45, 2.75) is 13.2 Å². The number of carbonyl (C=O) groups excluding carboxylic acids is 2. The summed E-state index contributed by atoms with van der Waals surface area (Å²) in [6.07, 6.45) is 0. The van der Waals surface area contributed by atoms with E-state index in [0.29, 0.717) is 21.2 Å². The number of alkyl halides is 1. The van der Waals surface area contributed by atoms with Crippen molar-refractivity contribution >= 4 is 45.8 Å². The maximum Gasteiger partial charge on any atom is 0.338 e. The molecule has 136 valence electrons. The first kappa shape index (κ1) is 19.8. The second-order valence-corrected chi connectivity index (χ2v) is 5.98. The zero-order valence-corrected chi connectivity index (χ0v) is 15.6. The quantitative estimate of drug-likeness (QED) is 0.211. The lowest BCUT2D eigenvalue weighted by Crippen LogP contribution is -2.12. The Labute approximate surface area is 162 Å². The summed E-state index contributed by atoms with van der Waals surface area (Å²) in [6, 6.07) is 10.4. The maximum absolute atomic E-state index is 12.1. The number of anilines is 1. The Balaban J connectivity index is 2.01. The summed E-state index contributed by atoms with van der Waals surface area (Å²) < 4.78 is 5.47. The highest BCUT2D eigenvalue weighted by molar-refractivity contribution is 14.1. The van der Waals surface area contributed by atoms with Crippen molar-refractivity contribution in [3.63, 3.8) is 0 Å². The predicted molar refractivity (Wildman–Crippen MR) is 102 cm³/mol. The van der Waals surface area contributed by atoms with Gasteiger partial charge in [-0.25, -0.2) is 4.79 Å². The van der Waals surface area contributed by atoms with Gasteiger partial charge in [0.2, 0.25) is 5.91 Å². The Kier molecular flexibility index (Phi) is 7.04. The van der Waals surface area contributed by atoms with Crippen LogP contribution in [-0.2, 0) is 22.7 Å². The van der Waals surface area contributed by atoms with Gasteiger partial charge >= 0.3 is 5.97 Å². The molecular formula is C17H15IN2O6. The fraction of sp³-hybridized carbons (Fsp3) is 0.176. The van der Waals surface area contributed by atoms with Crippen molar-refractivity contribution in [1.82, 2.24) is 0 Å². The molecule has 9 heteroatoms. The number of ether oxygens (including phenoxy) is 1. The lowest BCUT2D eigenvalue weighted by molar-refractivity contribution is -0.385. The Morgan fingerprint density at radius 1 is 1.19 bits per heavy atom. The molecule has 2 N–H and O–H groups in total. The van der Waals surface area contributed by atoms with Crippen molar-refractivity contribution < 1.29 is 24.4 Å². The van der Waals surface area contributed by atoms with Crippen LogP contribution in [0.25, 0.3) is 0 Å². The second kappa shape index (κ2) is 9.25. The Morgan fingerprint density at radius 3 is 2.46 bits per heavy atom. The summed E-state index contributed by atoms with van der Waals surface area (Å²) >= 11 is 1.94. The van der Waals surface area contributed by atoms with Gasteiger partial charge in [0.05, 0.1) is 27.1 Å². The predicted octanol–water partition coefficient (Wildman–Crippen LogP) is 2.82. The van der Waals surface area contributed by atoms with Gasteiger partial charge in [-0.3, -0.25) is 14.9 Å². The average molecular weight is 470 g/mol. The minimum Gasteiger partial charge on any atom is -0.457 e. The van der Waals surface area contributed by atoms with Gasteiger partial charge in [-0.1, -0.05) is 28.7 Å². The van der Waals surface area contributed by atoms with Gasteiger partial charge in [0.15, 0.2) is 0 Å². The number of benzene rings is 2. The maximum atomic E-state index is 12.1. The van der Waals surface area contributed by atoms with Gasteiger partial charge in [0.25, 0.3) is 5.69 Å². The molecule has 0 atom stereocenters. The van der Waals surface area contributed by atoms with Gasteiger partial charge in [-0.05, 0) is 35.9 Å². The first-order chi connectivity index (χ1) is 12.4. The van der Waals surface area contributed by atoms with Crippen molar-refractivity contribution in [3.8, 4) is 0 Å². The largest absolute Gasteiger partial charge is 0.457 e. The van der Waals surface area contributed by atoms with E-state index in [9.17, 15) is 19.7 Å². The summed E-state index contributed by atoms with van der Waals surface area (Å²) in [7, 11) is 0. The van der Waals surface area contributed by atoms with E-state index >= 15 is 0 Å². The number of nitro benzene ring substituents is 1. The smallest absolute Gasteiger partial charge is 0.338 e. The zero-order valence-electron chi connectivity index (χ0n) is 13.5. The molecule has 2 rings (SSSR count). The van der Waals surface area contributed by atoms with Crippen molar-refractivity contribution in [3.05, 3.63) is 69.3 Å². The number of carbonyl (C=O) groups is 2. The molecule has 0 unspecified atom stereocenters. The number of rotatable bonds is 7. The number of amides is 1. The molecule has 1 amide bonds. The molecular weight excluding hydrogens is 455 g/mol. The van der Waals surface area contributed by atoms with E-state index in [0.717, 1.165) is 0 Å². The topological polar surface area (TPSA) is 119 Å². The van der Waals surface area contributed by atoms with Crippen molar-refractivity contribution in [1.29, 1.82) is 0 Å². The van der Waals surface area contributed by atoms with E-state index in [1.807, 2.05) is 22.6 Å². The van der Waals surface area contributed by atoms with Crippen LogP contribution in [0, 0.1) is 10.1 Å². The van der Waals surface area contributed by atoms with Crippen LogP contribution in [0.5, 0.6) is 0 Å². The summed E-state index contributed by atoms with van der Waals surface area (Å²) in [5.74, 6) is -0.737. The monoisotopic (exact) mass is 470 g/mol. The van der Waals surface area contributed by atoms with Gasteiger partial charge < -0.3 is 15.2 Å². The number of nitrogens with zero attached hydrogens (tertiary/aromatic N) is 1. The number of hydrogen-bond donors (Lipinski definition) is 2. The molecule has 0 aliphatic carbocycles. The van der Waals surface area contributed by atoms with E-state index in [2.05, 4.69) is 5.32 Å². The highest BCUT2D eigenvalue weighted by Gasteiger charge is 2.15. The van der Waals surface area contributed by atoms with E-state index in [1.165, 1.54) is 24.3 Å². The van der Waals surface area contributed by atoms with Crippen molar-refractivity contribution in [2.24, 2.45) is 0 Å². The number of nitro groups is 1. The molecule has 0 fully saturated rings. The molecule has 0 aliphatic rings. The third kappa shape index (κ3) is 5.23. The number of hydrogen-bond acceptors (Lipinski definition) is 6. The molecule has 0 saturated heterocycles. The Morgan fingerprint density at radius 2 is 1.88 bits per heavy atom. The summed E-state index contributed by atoms with van der Waals surface area (Å²) in [5, 5.41) is 22.7. The molecule has 0 aromatic heterocycles. The molecule has 0 bridgehead atoms. The highest BCUT2D eigenvalue weighted by Crippen LogP contribution is 2.21. The third-order valence-corrected chi connectivity index (χ3v) is 4.11. The molecule has 8 nitrogen and oxygen atoms in total. The molecule has 0 radical (unpaired) electrons. The lowest BCUT2D eigenvalue weighted by Gasteiger charge is -2.07. The zero-order chi connectivity index (χ0) is 19.1. The summed E-state index contributed by atoms with van der Waals surface area (Å²) in [5.41, 5.74) is 1.26.